The fraction of sp³-hybridized carbons (Fsp3) is 0.857. The van der Waals surface area contributed by atoms with Crippen molar-refractivity contribution in [2.45, 2.75) is 26.2 Å². The van der Waals surface area contributed by atoms with Crippen LogP contribution in [0.15, 0.2) is 0 Å². The Hall–Kier alpha value is -0.570. The predicted octanol–water partition coefficient (Wildman–Crippen LogP) is 0.870. The third kappa shape index (κ3) is 4.32. The quantitative estimate of drug-likeness (QED) is 0.605. The third-order valence-electron chi connectivity index (χ3n) is 1.60. The van der Waals surface area contributed by atoms with Gasteiger partial charge in [-0.05, 0) is 12.3 Å². The van der Waals surface area contributed by atoms with E-state index in [1.54, 1.807) is 0 Å². The molecule has 1 atom stereocenters. The van der Waals surface area contributed by atoms with Crippen molar-refractivity contribution in [1.82, 2.24) is 0 Å². The van der Waals surface area contributed by atoms with Crippen molar-refractivity contribution in [3.05, 3.63) is 0 Å². The van der Waals surface area contributed by atoms with E-state index in [-0.39, 0.29) is 18.9 Å². The Kier molecular flexibility index (Phi) is 4.94. The molecule has 10 heavy (non-hydrogen) atoms. The van der Waals surface area contributed by atoms with Gasteiger partial charge in [0.1, 0.15) is 0 Å². The zero-order chi connectivity index (χ0) is 7.98. The SMILES string of the molecule is CCC(CO)CCC(=O)O. The van der Waals surface area contributed by atoms with Gasteiger partial charge in [0.25, 0.3) is 0 Å². The third-order valence-corrected chi connectivity index (χ3v) is 1.60. The van der Waals surface area contributed by atoms with Gasteiger partial charge >= 0.3 is 5.97 Å². The van der Waals surface area contributed by atoms with Crippen molar-refractivity contribution in [2.24, 2.45) is 5.92 Å². The average Bonchev–Trinajstić information content (AvgIpc) is 1.90. The van der Waals surface area contributed by atoms with Crippen molar-refractivity contribution in [2.75, 3.05) is 6.61 Å². The minimum absolute atomic E-state index is 0.101. The highest BCUT2D eigenvalue weighted by atomic mass is 16.4. The van der Waals surface area contributed by atoms with Crippen LogP contribution in [0.4, 0.5) is 0 Å². The average molecular weight is 146 g/mol. The van der Waals surface area contributed by atoms with Gasteiger partial charge in [-0.15, -0.1) is 0 Å². The van der Waals surface area contributed by atoms with Gasteiger partial charge in [-0.1, -0.05) is 13.3 Å². The molecule has 0 heterocycles. The first-order valence-corrected chi connectivity index (χ1v) is 3.53. The first-order chi connectivity index (χ1) is 4.70. The van der Waals surface area contributed by atoms with E-state index in [0.717, 1.165) is 6.42 Å². The van der Waals surface area contributed by atoms with Gasteiger partial charge in [-0.25, -0.2) is 0 Å². The molecule has 0 aliphatic heterocycles. The van der Waals surface area contributed by atoms with E-state index in [2.05, 4.69) is 0 Å². The lowest BCUT2D eigenvalue weighted by Crippen LogP contribution is -2.07. The zero-order valence-electron chi connectivity index (χ0n) is 6.21. The van der Waals surface area contributed by atoms with Crippen LogP contribution in [0.2, 0.25) is 0 Å². The molecule has 0 fully saturated rings. The predicted molar refractivity (Wildman–Crippen MR) is 37.7 cm³/mol. The van der Waals surface area contributed by atoms with Crippen molar-refractivity contribution >= 4 is 5.97 Å². The number of hydrogen-bond acceptors (Lipinski definition) is 2. The monoisotopic (exact) mass is 146 g/mol. The van der Waals surface area contributed by atoms with Crippen molar-refractivity contribution in [3.63, 3.8) is 0 Å². The smallest absolute Gasteiger partial charge is 0.303 e. The summed E-state index contributed by atoms with van der Waals surface area (Å²) in [5.74, 6) is -0.622. The summed E-state index contributed by atoms with van der Waals surface area (Å²) in [6, 6.07) is 0. The number of hydrogen-bond donors (Lipinski definition) is 2. The summed E-state index contributed by atoms with van der Waals surface area (Å²) in [7, 11) is 0. The Labute approximate surface area is 60.7 Å². The fourth-order valence-electron chi connectivity index (χ4n) is 0.752. The first kappa shape index (κ1) is 9.43. The largest absolute Gasteiger partial charge is 0.481 e. The van der Waals surface area contributed by atoms with Crippen molar-refractivity contribution in [1.29, 1.82) is 0 Å². The van der Waals surface area contributed by atoms with Crippen LogP contribution in [0.5, 0.6) is 0 Å². The first-order valence-electron chi connectivity index (χ1n) is 3.53. The standard InChI is InChI=1S/C7H14O3/c1-2-6(5-8)3-4-7(9)10/h6,8H,2-5H2,1H3,(H,9,10). The molecule has 0 saturated carbocycles. The van der Waals surface area contributed by atoms with E-state index >= 15 is 0 Å². The maximum atomic E-state index is 10.1. The molecule has 0 saturated heterocycles. The number of aliphatic hydroxyl groups is 1. The highest BCUT2D eigenvalue weighted by molar-refractivity contribution is 5.66. The van der Waals surface area contributed by atoms with E-state index in [0.29, 0.717) is 6.42 Å². The van der Waals surface area contributed by atoms with Gasteiger partial charge in [-0.3, -0.25) is 4.79 Å². The van der Waals surface area contributed by atoms with Gasteiger partial charge in [0, 0.05) is 13.0 Å². The van der Waals surface area contributed by atoms with Crippen LogP contribution >= 0.6 is 0 Å². The molecule has 0 amide bonds. The molecule has 0 rings (SSSR count). The molecular formula is C7H14O3. The summed E-state index contributed by atoms with van der Waals surface area (Å²) in [5, 5.41) is 16.9. The van der Waals surface area contributed by atoms with Crippen LogP contribution in [0.3, 0.4) is 0 Å². The van der Waals surface area contributed by atoms with Crippen LogP contribution in [-0.4, -0.2) is 22.8 Å². The van der Waals surface area contributed by atoms with Gasteiger partial charge in [0.2, 0.25) is 0 Å². The topological polar surface area (TPSA) is 57.5 Å². The molecule has 0 aromatic carbocycles. The van der Waals surface area contributed by atoms with Crippen LogP contribution in [0, 0.1) is 5.92 Å². The number of carbonyl (C=O) groups is 1. The lowest BCUT2D eigenvalue weighted by atomic mass is 10.0. The summed E-state index contributed by atoms with van der Waals surface area (Å²) in [4.78, 5) is 10.1. The molecule has 0 spiro atoms. The molecular weight excluding hydrogens is 132 g/mol. The van der Waals surface area contributed by atoms with Gasteiger partial charge in [-0.2, -0.15) is 0 Å². The van der Waals surface area contributed by atoms with Crippen LogP contribution < -0.4 is 0 Å². The van der Waals surface area contributed by atoms with Crippen molar-refractivity contribution in [3.8, 4) is 0 Å². The van der Waals surface area contributed by atoms with Gasteiger partial charge in [0.05, 0.1) is 0 Å². The molecule has 3 nitrogen and oxygen atoms in total. The number of aliphatic hydroxyl groups excluding tert-OH is 1. The van der Waals surface area contributed by atoms with Crippen LogP contribution in [0.1, 0.15) is 26.2 Å². The fourth-order valence-corrected chi connectivity index (χ4v) is 0.752. The highest BCUT2D eigenvalue weighted by Gasteiger charge is 2.06. The summed E-state index contributed by atoms with van der Waals surface area (Å²) in [6.45, 7) is 2.05. The molecule has 0 aromatic heterocycles. The van der Waals surface area contributed by atoms with E-state index < -0.39 is 5.97 Å². The van der Waals surface area contributed by atoms with Gasteiger partial charge < -0.3 is 10.2 Å². The van der Waals surface area contributed by atoms with E-state index in [9.17, 15) is 4.79 Å². The number of rotatable bonds is 5. The lowest BCUT2D eigenvalue weighted by molar-refractivity contribution is -0.137. The molecule has 0 aromatic rings. The van der Waals surface area contributed by atoms with Crippen LogP contribution in [-0.2, 0) is 4.79 Å². The maximum Gasteiger partial charge on any atom is 0.303 e. The minimum atomic E-state index is -0.785. The maximum absolute atomic E-state index is 10.1. The second-order valence-electron chi connectivity index (χ2n) is 2.39. The molecule has 2 N–H and O–H groups in total. The number of carboxylic acids is 1. The van der Waals surface area contributed by atoms with Gasteiger partial charge in [0.15, 0.2) is 0 Å². The zero-order valence-corrected chi connectivity index (χ0v) is 6.21. The number of carboxylic acid groups (broad SMARTS) is 1. The molecule has 0 bridgehead atoms. The molecule has 60 valence electrons. The second kappa shape index (κ2) is 5.23. The summed E-state index contributed by atoms with van der Waals surface area (Å²) in [6.07, 6.45) is 1.60. The van der Waals surface area contributed by atoms with E-state index in [1.807, 2.05) is 6.92 Å². The van der Waals surface area contributed by atoms with Crippen LogP contribution in [0.25, 0.3) is 0 Å². The summed E-state index contributed by atoms with van der Waals surface area (Å²) in [5.41, 5.74) is 0. The Morgan fingerprint density at radius 1 is 1.60 bits per heavy atom. The summed E-state index contributed by atoms with van der Waals surface area (Å²) >= 11 is 0. The Morgan fingerprint density at radius 3 is 2.50 bits per heavy atom. The Morgan fingerprint density at radius 2 is 2.20 bits per heavy atom. The Balaban J connectivity index is 3.34. The minimum Gasteiger partial charge on any atom is -0.481 e. The van der Waals surface area contributed by atoms with E-state index in [4.69, 9.17) is 10.2 Å². The molecule has 3 heteroatoms. The lowest BCUT2D eigenvalue weighted by Gasteiger charge is -2.07. The normalized spacial score (nSPS) is 13.0. The second-order valence-corrected chi connectivity index (χ2v) is 2.39. The summed E-state index contributed by atoms with van der Waals surface area (Å²) < 4.78 is 0. The highest BCUT2D eigenvalue weighted by Crippen LogP contribution is 2.08. The number of aliphatic carboxylic acids is 1. The van der Waals surface area contributed by atoms with Crippen molar-refractivity contribution < 1.29 is 15.0 Å². The van der Waals surface area contributed by atoms with E-state index in [1.165, 1.54) is 0 Å². The molecule has 1 unspecified atom stereocenters. The molecule has 0 aliphatic carbocycles. The molecule has 0 aliphatic rings. The molecule has 0 radical (unpaired) electrons. The Bertz CT molecular complexity index is 97.0.